The zero-order chi connectivity index (χ0) is 13.9. The standard InChI is InChI=1S/C19H21N/c1-2-3-12-19(20)18-13-14-8-4-5-9-15(14)16-10-6-7-11-17(16)18/h4-11,13,19H,2-3,12,20H2,1H3/t19-/m1/s1. The molecule has 20 heavy (non-hydrogen) atoms. The van der Waals surface area contributed by atoms with Crippen molar-refractivity contribution in [2.24, 2.45) is 5.73 Å². The predicted octanol–water partition coefficient (Wildman–Crippen LogP) is 5.18. The topological polar surface area (TPSA) is 26.0 Å². The van der Waals surface area contributed by atoms with Crippen molar-refractivity contribution in [3.05, 3.63) is 60.2 Å². The molecule has 0 aromatic heterocycles. The van der Waals surface area contributed by atoms with Gasteiger partial charge in [0, 0.05) is 6.04 Å². The summed E-state index contributed by atoms with van der Waals surface area (Å²) >= 11 is 0. The molecule has 0 aliphatic carbocycles. The van der Waals surface area contributed by atoms with Crippen LogP contribution in [-0.4, -0.2) is 0 Å². The normalized spacial score (nSPS) is 12.9. The lowest BCUT2D eigenvalue weighted by Crippen LogP contribution is -2.10. The van der Waals surface area contributed by atoms with Gasteiger partial charge in [0.15, 0.2) is 0 Å². The van der Waals surface area contributed by atoms with E-state index >= 15 is 0 Å². The summed E-state index contributed by atoms with van der Waals surface area (Å²) in [6, 6.07) is 19.6. The lowest BCUT2D eigenvalue weighted by atomic mass is 9.92. The quantitative estimate of drug-likeness (QED) is 0.645. The number of hydrogen-bond acceptors (Lipinski definition) is 1. The smallest absolute Gasteiger partial charge is 0.0301 e. The molecule has 0 amide bonds. The molecule has 0 spiro atoms. The maximum absolute atomic E-state index is 6.44. The van der Waals surface area contributed by atoms with Crippen molar-refractivity contribution in [2.75, 3.05) is 0 Å². The van der Waals surface area contributed by atoms with Crippen LogP contribution in [0.1, 0.15) is 37.8 Å². The second-order valence-electron chi connectivity index (χ2n) is 5.48. The fourth-order valence-corrected chi connectivity index (χ4v) is 2.97. The lowest BCUT2D eigenvalue weighted by Gasteiger charge is -2.16. The first-order valence-electron chi connectivity index (χ1n) is 7.47. The molecule has 0 bridgehead atoms. The molecule has 2 N–H and O–H groups in total. The van der Waals surface area contributed by atoms with Crippen LogP contribution in [0.3, 0.4) is 0 Å². The summed E-state index contributed by atoms with van der Waals surface area (Å²) in [6.45, 7) is 2.21. The molecule has 1 heteroatoms. The summed E-state index contributed by atoms with van der Waals surface area (Å²) in [4.78, 5) is 0. The highest BCUT2D eigenvalue weighted by Crippen LogP contribution is 2.32. The van der Waals surface area contributed by atoms with Gasteiger partial charge in [-0.1, -0.05) is 68.3 Å². The molecular formula is C19H21N. The molecule has 1 nitrogen and oxygen atoms in total. The van der Waals surface area contributed by atoms with Crippen LogP contribution in [0.15, 0.2) is 54.6 Å². The molecule has 0 heterocycles. The van der Waals surface area contributed by atoms with Crippen molar-refractivity contribution in [3.63, 3.8) is 0 Å². The molecule has 0 saturated heterocycles. The number of rotatable bonds is 4. The van der Waals surface area contributed by atoms with Crippen LogP contribution in [0, 0.1) is 0 Å². The van der Waals surface area contributed by atoms with E-state index in [9.17, 15) is 0 Å². The number of benzene rings is 3. The van der Waals surface area contributed by atoms with E-state index in [4.69, 9.17) is 5.73 Å². The Kier molecular flexibility index (Phi) is 3.70. The molecule has 3 aromatic rings. The highest BCUT2D eigenvalue weighted by atomic mass is 14.6. The minimum Gasteiger partial charge on any atom is -0.324 e. The molecular weight excluding hydrogens is 242 g/mol. The monoisotopic (exact) mass is 263 g/mol. The highest BCUT2D eigenvalue weighted by Gasteiger charge is 2.11. The van der Waals surface area contributed by atoms with Crippen molar-refractivity contribution >= 4 is 21.5 Å². The zero-order valence-electron chi connectivity index (χ0n) is 12.0. The Morgan fingerprint density at radius 1 is 0.900 bits per heavy atom. The van der Waals surface area contributed by atoms with Gasteiger partial charge in [-0.25, -0.2) is 0 Å². The van der Waals surface area contributed by atoms with E-state index in [0.717, 1.165) is 6.42 Å². The first-order valence-corrected chi connectivity index (χ1v) is 7.47. The fourth-order valence-electron chi connectivity index (χ4n) is 2.97. The molecule has 1 atom stereocenters. The van der Waals surface area contributed by atoms with Crippen LogP contribution >= 0.6 is 0 Å². The summed E-state index contributed by atoms with van der Waals surface area (Å²) in [5.74, 6) is 0. The Balaban J connectivity index is 2.23. The summed E-state index contributed by atoms with van der Waals surface area (Å²) in [5.41, 5.74) is 7.72. The third-order valence-electron chi connectivity index (χ3n) is 4.07. The average molecular weight is 263 g/mol. The van der Waals surface area contributed by atoms with Gasteiger partial charge in [0.1, 0.15) is 0 Å². The van der Waals surface area contributed by atoms with E-state index < -0.39 is 0 Å². The maximum Gasteiger partial charge on any atom is 0.0301 e. The second kappa shape index (κ2) is 5.64. The second-order valence-corrected chi connectivity index (χ2v) is 5.48. The van der Waals surface area contributed by atoms with Crippen LogP contribution < -0.4 is 5.73 Å². The van der Waals surface area contributed by atoms with Crippen molar-refractivity contribution in [1.82, 2.24) is 0 Å². The van der Waals surface area contributed by atoms with Gasteiger partial charge in [-0.15, -0.1) is 0 Å². The van der Waals surface area contributed by atoms with Gasteiger partial charge in [0.2, 0.25) is 0 Å². The number of nitrogens with two attached hydrogens (primary N) is 1. The SMILES string of the molecule is CCCC[C@@H](N)c1cc2ccccc2c2ccccc12. The number of unbranched alkanes of at least 4 members (excludes halogenated alkanes) is 1. The Hall–Kier alpha value is -1.86. The van der Waals surface area contributed by atoms with E-state index in [1.165, 1.54) is 39.9 Å². The first kappa shape index (κ1) is 13.1. The van der Waals surface area contributed by atoms with Crippen molar-refractivity contribution in [2.45, 2.75) is 32.2 Å². The molecule has 0 aliphatic rings. The molecule has 0 radical (unpaired) electrons. The van der Waals surface area contributed by atoms with Crippen molar-refractivity contribution < 1.29 is 0 Å². The Labute approximate surface area is 120 Å². The van der Waals surface area contributed by atoms with Gasteiger partial charge in [-0.3, -0.25) is 0 Å². The number of fused-ring (bicyclic) bond motifs is 3. The van der Waals surface area contributed by atoms with E-state index in [-0.39, 0.29) is 6.04 Å². The molecule has 3 aromatic carbocycles. The van der Waals surface area contributed by atoms with E-state index in [0.29, 0.717) is 0 Å². The van der Waals surface area contributed by atoms with Gasteiger partial charge < -0.3 is 5.73 Å². The van der Waals surface area contributed by atoms with Crippen LogP contribution in [0.25, 0.3) is 21.5 Å². The third-order valence-corrected chi connectivity index (χ3v) is 4.07. The molecule has 102 valence electrons. The first-order chi connectivity index (χ1) is 9.81. The minimum absolute atomic E-state index is 0.129. The van der Waals surface area contributed by atoms with Gasteiger partial charge in [0.05, 0.1) is 0 Å². The molecule has 0 saturated carbocycles. The molecule has 0 aliphatic heterocycles. The lowest BCUT2D eigenvalue weighted by molar-refractivity contribution is 0.607. The summed E-state index contributed by atoms with van der Waals surface area (Å²) in [5, 5.41) is 5.21. The number of hydrogen-bond donors (Lipinski definition) is 1. The van der Waals surface area contributed by atoms with E-state index in [1.807, 2.05) is 0 Å². The van der Waals surface area contributed by atoms with Gasteiger partial charge >= 0.3 is 0 Å². The summed E-state index contributed by atoms with van der Waals surface area (Å²) in [7, 11) is 0. The third kappa shape index (κ3) is 2.30. The van der Waals surface area contributed by atoms with E-state index in [1.54, 1.807) is 0 Å². The van der Waals surface area contributed by atoms with Gasteiger partial charge in [0.25, 0.3) is 0 Å². The van der Waals surface area contributed by atoms with Crippen LogP contribution in [0.4, 0.5) is 0 Å². The molecule has 0 unspecified atom stereocenters. The van der Waals surface area contributed by atoms with Gasteiger partial charge in [-0.05, 0) is 39.6 Å². The van der Waals surface area contributed by atoms with Crippen LogP contribution in [0.2, 0.25) is 0 Å². The van der Waals surface area contributed by atoms with Gasteiger partial charge in [-0.2, -0.15) is 0 Å². The minimum atomic E-state index is 0.129. The summed E-state index contributed by atoms with van der Waals surface area (Å²) < 4.78 is 0. The zero-order valence-corrected chi connectivity index (χ0v) is 12.0. The Morgan fingerprint density at radius 2 is 1.55 bits per heavy atom. The van der Waals surface area contributed by atoms with E-state index in [2.05, 4.69) is 61.5 Å². The van der Waals surface area contributed by atoms with Crippen LogP contribution in [-0.2, 0) is 0 Å². The fraction of sp³-hybridized carbons (Fsp3) is 0.263. The highest BCUT2D eigenvalue weighted by molar-refractivity contribution is 6.09. The Morgan fingerprint density at radius 3 is 2.30 bits per heavy atom. The predicted molar refractivity (Wildman–Crippen MR) is 87.9 cm³/mol. The van der Waals surface area contributed by atoms with Crippen molar-refractivity contribution in [3.8, 4) is 0 Å². The maximum atomic E-state index is 6.44. The Bertz CT molecular complexity index is 730. The molecule has 3 rings (SSSR count). The largest absolute Gasteiger partial charge is 0.324 e. The van der Waals surface area contributed by atoms with Crippen LogP contribution in [0.5, 0.6) is 0 Å². The molecule has 0 fully saturated rings. The summed E-state index contributed by atoms with van der Waals surface area (Å²) in [6.07, 6.45) is 3.43. The van der Waals surface area contributed by atoms with Crippen molar-refractivity contribution in [1.29, 1.82) is 0 Å². The average Bonchev–Trinajstić information content (AvgIpc) is 2.52.